The predicted octanol–water partition coefficient (Wildman–Crippen LogP) is 3.52. The Labute approximate surface area is 173 Å². The van der Waals surface area contributed by atoms with Crippen LogP contribution < -0.4 is 0 Å². The first kappa shape index (κ1) is 19.1. The van der Waals surface area contributed by atoms with Gasteiger partial charge in [-0.15, -0.1) is 0 Å². The minimum absolute atomic E-state index is 0.0178. The van der Waals surface area contributed by atoms with Gasteiger partial charge < -0.3 is 0 Å². The third-order valence-electron chi connectivity index (χ3n) is 6.29. The molecule has 0 aromatic carbocycles. The first-order valence-electron chi connectivity index (χ1n) is 10.5. The molecule has 1 atom stereocenters. The van der Waals surface area contributed by atoms with E-state index in [9.17, 15) is 9.18 Å². The molecular weight excluding hydrogens is 385 g/mol. The Bertz CT molecular complexity index is 1050. The summed E-state index contributed by atoms with van der Waals surface area (Å²) in [6.45, 7) is 0.465. The smallest absolute Gasteiger partial charge is 0.249 e. The van der Waals surface area contributed by atoms with Crippen molar-refractivity contribution in [3.05, 3.63) is 60.1 Å². The number of fused-ring (bicyclic) bond motifs is 1. The van der Waals surface area contributed by atoms with E-state index in [1.165, 1.54) is 22.9 Å². The maximum Gasteiger partial charge on any atom is 0.249 e. The lowest BCUT2D eigenvalue weighted by Gasteiger charge is -2.32. The second-order valence-electron chi connectivity index (χ2n) is 8.26. The number of pyridine rings is 2. The second-order valence-corrected chi connectivity index (χ2v) is 8.26. The van der Waals surface area contributed by atoms with Crippen LogP contribution >= 0.6 is 0 Å². The van der Waals surface area contributed by atoms with E-state index in [0.717, 1.165) is 37.8 Å². The fraction of sp³-hybridized carbons (Fsp3) is 0.455. The number of amides is 1. The molecule has 8 heteroatoms. The minimum atomic E-state index is -0.392. The number of aromatic nitrogens is 4. The molecule has 3 aromatic heterocycles. The first-order chi connectivity index (χ1) is 14.7. The molecule has 7 nitrogen and oxygen atoms in total. The van der Waals surface area contributed by atoms with E-state index >= 15 is 0 Å². The topological polar surface area (TPSA) is 72.6 Å². The normalized spacial score (nSPS) is 24.4. The molecule has 1 saturated heterocycles. The van der Waals surface area contributed by atoms with Crippen LogP contribution in [0.1, 0.15) is 49.3 Å². The van der Waals surface area contributed by atoms with Crippen LogP contribution in [-0.2, 0) is 16.1 Å². The van der Waals surface area contributed by atoms with Crippen molar-refractivity contribution in [1.82, 2.24) is 24.6 Å². The zero-order valence-corrected chi connectivity index (χ0v) is 16.7. The van der Waals surface area contributed by atoms with Crippen LogP contribution in [0.2, 0.25) is 0 Å². The fourth-order valence-electron chi connectivity index (χ4n) is 4.71. The lowest BCUT2D eigenvalue weighted by molar-refractivity contribution is -0.183. The Morgan fingerprint density at radius 2 is 2.03 bits per heavy atom. The van der Waals surface area contributed by atoms with Crippen molar-refractivity contribution in [2.75, 3.05) is 6.61 Å². The monoisotopic (exact) mass is 409 g/mol. The van der Waals surface area contributed by atoms with Gasteiger partial charge >= 0.3 is 0 Å². The third-order valence-corrected chi connectivity index (χ3v) is 6.29. The van der Waals surface area contributed by atoms with Gasteiger partial charge in [0.15, 0.2) is 5.65 Å². The van der Waals surface area contributed by atoms with Crippen molar-refractivity contribution in [3.63, 3.8) is 0 Å². The maximum absolute atomic E-state index is 13.6. The molecular formula is C22H24FN5O2. The lowest BCUT2D eigenvalue weighted by Crippen LogP contribution is -2.36. The molecule has 1 saturated carbocycles. The molecule has 0 N–H and O–H groups in total. The summed E-state index contributed by atoms with van der Waals surface area (Å²) < 4.78 is 15.4. The number of hydroxylamine groups is 2. The van der Waals surface area contributed by atoms with Gasteiger partial charge in [-0.25, -0.2) is 19.0 Å². The molecule has 1 aliphatic carbocycles. The van der Waals surface area contributed by atoms with Gasteiger partial charge in [-0.05, 0) is 61.3 Å². The van der Waals surface area contributed by atoms with Crippen LogP contribution in [0, 0.1) is 17.7 Å². The molecule has 1 amide bonds. The molecule has 1 aliphatic heterocycles. The molecule has 4 heterocycles. The van der Waals surface area contributed by atoms with Crippen molar-refractivity contribution in [1.29, 1.82) is 0 Å². The molecule has 2 aliphatic rings. The van der Waals surface area contributed by atoms with Crippen molar-refractivity contribution in [2.24, 2.45) is 11.8 Å². The summed E-state index contributed by atoms with van der Waals surface area (Å²) in [5.74, 6) is 0.138. The van der Waals surface area contributed by atoms with Crippen LogP contribution in [0.15, 0.2) is 43.1 Å². The maximum atomic E-state index is 13.6. The average Bonchev–Trinajstić information content (AvgIpc) is 3.43. The van der Waals surface area contributed by atoms with Gasteiger partial charge in [-0.3, -0.25) is 14.6 Å². The predicted molar refractivity (Wildman–Crippen MR) is 106 cm³/mol. The third kappa shape index (κ3) is 3.79. The summed E-state index contributed by atoms with van der Waals surface area (Å²) in [4.78, 5) is 26.9. The molecule has 0 unspecified atom stereocenters. The summed E-state index contributed by atoms with van der Waals surface area (Å²) in [6, 6.07) is 5.28. The minimum Gasteiger partial charge on any atom is -0.272 e. The lowest BCUT2D eigenvalue weighted by atomic mass is 9.79. The number of carbonyl (C=O) groups is 1. The molecule has 30 heavy (non-hydrogen) atoms. The van der Waals surface area contributed by atoms with Gasteiger partial charge in [0.1, 0.15) is 12.1 Å². The summed E-state index contributed by atoms with van der Waals surface area (Å²) in [5, 5.41) is 5.68. The number of carbonyl (C=O) groups excluding carboxylic acids is 1. The second kappa shape index (κ2) is 8.10. The highest BCUT2D eigenvalue weighted by Gasteiger charge is 2.37. The van der Waals surface area contributed by atoms with Crippen molar-refractivity contribution < 1.29 is 14.0 Å². The average molecular weight is 409 g/mol. The molecule has 5 rings (SSSR count). The van der Waals surface area contributed by atoms with E-state index in [4.69, 9.17) is 4.84 Å². The highest BCUT2D eigenvalue weighted by Crippen LogP contribution is 2.37. The van der Waals surface area contributed by atoms with Crippen molar-refractivity contribution >= 4 is 11.6 Å². The zero-order valence-electron chi connectivity index (χ0n) is 16.7. The van der Waals surface area contributed by atoms with Gasteiger partial charge in [0.05, 0.1) is 18.8 Å². The van der Waals surface area contributed by atoms with Gasteiger partial charge in [-0.2, -0.15) is 5.10 Å². The Morgan fingerprint density at radius 3 is 2.87 bits per heavy atom. The van der Waals surface area contributed by atoms with Crippen LogP contribution in [0.3, 0.4) is 0 Å². The van der Waals surface area contributed by atoms with Gasteiger partial charge in [0, 0.05) is 24.7 Å². The summed E-state index contributed by atoms with van der Waals surface area (Å²) in [7, 11) is 0. The Balaban J connectivity index is 1.20. The Hall–Kier alpha value is -2.87. The SMILES string of the molecule is O=C([C@H]1CC[C@H](Cc2ccc3ncnn3c2)CC1)N1OCC[C@H]1c1cncc(F)c1. The summed E-state index contributed by atoms with van der Waals surface area (Å²) in [5.41, 5.74) is 2.78. The molecule has 2 fully saturated rings. The van der Waals surface area contributed by atoms with Crippen LogP contribution in [0.25, 0.3) is 5.65 Å². The van der Waals surface area contributed by atoms with Crippen LogP contribution in [0.5, 0.6) is 0 Å². The quantitative estimate of drug-likeness (QED) is 0.659. The molecule has 3 aromatic rings. The summed E-state index contributed by atoms with van der Waals surface area (Å²) >= 11 is 0. The summed E-state index contributed by atoms with van der Waals surface area (Å²) in [6.07, 6.45) is 11.7. The van der Waals surface area contributed by atoms with Crippen LogP contribution in [-0.4, -0.2) is 37.2 Å². The first-order valence-corrected chi connectivity index (χ1v) is 10.5. The standard InChI is InChI=1S/C22H24FN5O2/c23-19-10-18(11-24-12-19)20-7-8-30-28(20)22(29)17-4-1-15(2-5-17)9-16-3-6-21-25-14-26-27(21)13-16/h3,6,10-15,17,20H,1-2,4-5,7-9H2/t15-,17-,20-/m0/s1. The van der Waals surface area contributed by atoms with E-state index in [-0.39, 0.29) is 17.9 Å². The largest absolute Gasteiger partial charge is 0.272 e. The van der Waals surface area contributed by atoms with E-state index < -0.39 is 5.82 Å². The Morgan fingerprint density at radius 1 is 1.17 bits per heavy atom. The number of nitrogens with zero attached hydrogens (tertiary/aromatic N) is 5. The number of halogens is 1. The highest BCUT2D eigenvalue weighted by molar-refractivity contribution is 5.78. The Kier molecular flexibility index (Phi) is 5.16. The van der Waals surface area contributed by atoms with E-state index in [1.807, 2.05) is 12.3 Å². The molecule has 0 spiro atoms. The van der Waals surface area contributed by atoms with Crippen molar-refractivity contribution in [3.8, 4) is 0 Å². The molecule has 156 valence electrons. The van der Waals surface area contributed by atoms with Gasteiger partial charge in [-0.1, -0.05) is 6.07 Å². The number of hydrogen-bond acceptors (Lipinski definition) is 5. The van der Waals surface area contributed by atoms with Gasteiger partial charge in [0.25, 0.3) is 0 Å². The van der Waals surface area contributed by atoms with E-state index in [0.29, 0.717) is 24.5 Å². The van der Waals surface area contributed by atoms with Crippen molar-refractivity contribution in [2.45, 2.75) is 44.6 Å². The van der Waals surface area contributed by atoms with Crippen LogP contribution in [0.4, 0.5) is 4.39 Å². The van der Waals surface area contributed by atoms with E-state index in [1.54, 1.807) is 17.0 Å². The molecule has 0 bridgehead atoms. The fourth-order valence-corrected chi connectivity index (χ4v) is 4.71. The zero-order chi connectivity index (χ0) is 20.5. The number of rotatable bonds is 4. The number of hydrogen-bond donors (Lipinski definition) is 0. The van der Waals surface area contributed by atoms with E-state index in [2.05, 4.69) is 21.1 Å². The highest BCUT2D eigenvalue weighted by atomic mass is 19.1. The molecule has 0 radical (unpaired) electrons. The van der Waals surface area contributed by atoms with Gasteiger partial charge in [0.2, 0.25) is 5.91 Å².